The summed E-state index contributed by atoms with van der Waals surface area (Å²) in [6, 6.07) is 5.36. The summed E-state index contributed by atoms with van der Waals surface area (Å²) in [5.74, 6) is -0.0165. The van der Waals surface area contributed by atoms with E-state index in [1.165, 1.54) is 12.1 Å². The Kier molecular flexibility index (Phi) is 3.87. The molecular weight excluding hydrogens is 255 g/mol. The lowest BCUT2D eigenvalue weighted by atomic mass is 9.79. The highest BCUT2D eigenvalue weighted by Gasteiger charge is 2.35. The molecule has 2 nitrogen and oxygen atoms in total. The van der Waals surface area contributed by atoms with Crippen molar-refractivity contribution in [2.45, 2.75) is 31.5 Å². The first kappa shape index (κ1) is 14.3. The molecule has 1 aliphatic rings. The second-order valence-electron chi connectivity index (χ2n) is 5.42. The lowest BCUT2D eigenvalue weighted by Crippen LogP contribution is -2.50. The molecule has 0 aliphatic carbocycles. The van der Waals surface area contributed by atoms with Gasteiger partial charge in [-0.1, -0.05) is 18.2 Å². The lowest BCUT2D eigenvalue weighted by Gasteiger charge is -2.37. The Morgan fingerprint density at radius 2 is 2.16 bits per heavy atom. The highest BCUT2D eigenvalue weighted by Crippen LogP contribution is 2.32. The monoisotopic (exact) mass is 273 g/mol. The fourth-order valence-corrected chi connectivity index (χ4v) is 2.55. The van der Waals surface area contributed by atoms with Crippen molar-refractivity contribution in [3.8, 4) is 0 Å². The standard InChI is InChI=1S/C14H18F3NO/c1-13(19)9-18-6-5-11(13)7-10-3-2-4-12(8-10)14(15,16)17/h2-4,8,11,18-19H,5-7,9H2,1H3. The van der Waals surface area contributed by atoms with Crippen LogP contribution < -0.4 is 5.32 Å². The van der Waals surface area contributed by atoms with Gasteiger partial charge in [-0.25, -0.2) is 0 Å². The van der Waals surface area contributed by atoms with E-state index in [2.05, 4.69) is 5.32 Å². The van der Waals surface area contributed by atoms with Crippen molar-refractivity contribution in [3.63, 3.8) is 0 Å². The summed E-state index contributed by atoms with van der Waals surface area (Å²) in [5.41, 5.74) is -0.868. The number of rotatable bonds is 2. The van der Waals surface area contributed by atoms with Gasteiger partial charge in [-0.3, -0.25) is 0 Å². The van der Waals surface area contributed by atoms with Crippen LogP contribution in [-0.2, 0) is 12.6 Å². The number of β-amino-alcohol motifs (C(OH)–C–C–N with tert-alkyl or cyclic N) is 1. The van der Waals surface area contributed by atoms with Crippen molar-refractivity contribution in [2.75, 3.05) is 13.1 Å². The van der Waals surface area contributed by atoms with E-state index in [1.807, 2.05) is 0 Å². The zero-order chi connectivity index (χ0) is 14.1. The van der Waals surface area contributed by atoms with Crippen molar-refractivity contribution in [3.05, 3.63) is 35.4 Å². The molecule has 2 rings (SSSR count). The largest absolute Gasteiger partial charge is 0.416 e. The molecule has 1 aromatic rings. The first-order valence-corrected chi connectivity index (χ1v) is 6.38. The maximum Gasteiger partial charge on any atom is 0.416 e. The van der Waals surface area contributed by atoms with E-state index in [4.69, 9.17) is 0 Å². The van der Waals surface area contributed by atoms with E-state index in [9.17, 15) is 18.3 Å². The molecule has 1 fully saturated rings. The van der Waals surface area contributed by atoms with Gasteiger partial charge >= 0.3 is 6.18 Å². The number of piperidine rings is 1. The fourth-order valence-electron chi connectivity index (χ4n) is 2.55. The zero-order valence-electron chi connectivity index (χ0n) is 10.8. The molecule has 5 heteroatoms. The molecule has 0 aromatic heterocycles. The highest BCUT2D eigenvalue weighted by atomic mass is 19.4. The fraction of sp³-hybridized carbons (Fsp3) is 0.571. The van der Waals surface area contributed by atoms with Gasteiger partial charge in [0.2, 0.25) is 0 Å². The van der Waals surface area contributed by atoms with E-state index >= 15 is 0 Å². The molecule has 0 saturated carbocycles. The summed E-state index contributed by atoms with van der Waals surface area (Å²) >= 11 is 0. The van der Waals surface area contributed by atoms with Crippen LogP contribution in [0.4, 0.5) is 13.2 Å². The van der Waals surface area contributed by atoms with Gasteiger partial charge in [0.1, 0.15) is 0 Å². The maximum atomic E-state index is 12.6. The van der Waals surface area contributed by atoms with Crippen LogP contribution in [0.15, 0.2) is 24.3 Å². The Morgan fingerprint density at radius 1 is 1.42 bits per heavy atom. The van der Waals surface area contributed by atoms with Crippen LogP contribution in [0.25, 0.3) is 0 Å². The van der Waals surface area contributed by atoms with Crippen LogP contribution in [0.3, 0.4) is 0 Å². The Hall–Kier alpha value is -1.07. The third-order valence-electron chi connectivity index (χ3n) is 3.77. The second-order valence-corrected chi connectivity index (χ2v) is 5.42. The van der Waals surface area contributed by atoms with Crippen molar-refractivity contribution < 1.29 is 18.3 Å². The average Bonchev–Trinajstić information content (AvgIpc) is 2.31. The summed E-state index contributed by atoms with van der Waals surface area (Å²) in [6.45, 7) is 3.01. The average molecular weight is 273 g/mol. The minimum absolute atomic E-state index is 0.0165. The Labute approximate surface area is 110 Å². The predicted molar refractivity (Wildman–Crippen MR) is 66.7 cm³/mol. The molecule has 1 heterocycles. The van der Waals surface area contributed by atoms with E-state index in [0.29, 0.717) is 18.5 Å². The first-order chi connectivity index (χ1) is 8.79. The SMILES string of the molecule is CC1(O)CNCCC1Cc1cccc(C(F)(F)F)c1. The van der Waals surface area contributed by atoms with Crippen LogP contribution >= 0.6 is 0 Å². The number of aliphatic hydroxyl groups is 1. The second kappa shape index (κ2) is 5.13. The molecular formula is C14H18F3NO. The molecule has 2 N–H and O–H groups in total. The summed E-state index contributed by atoms with van der Waals surface area (Å²) in [7, 11) is 0. The van der Waals surface area contributed by atoms with E-state index < -0.39 is 17.3 Å². The molecule has 106 valence electrons. The van der Waals surface area contributed by atoms with Gasteiger partial charge < -0.3 is 10.4 Å². The number of alkyl halides is 3. The number of hydrogen-bond donors (Lipinski definition) is 2. The molecule has 0 amide bonds. The summed E-state index contributed by atoms with van der Waals surface area (Å²) in [4.78, 5) is 0. The molecule has 2 unspecified atom stereocenters. The number of benzene rings is 1. The van der Waals surface area contributed by atoms with Crippen LogP contribution in [0.1, 0.15) is 24.5 Å². The third kappa shape index (κ3) is 3.48. The highest BCUT2D eigenvalue weighted by molar-refractivity contribution is 5.26. The van der Waals surface area contributed by atoms with Gasteiger partial charge in [0.25, 0.3) is 0 Å². The Balaban J connectivity index is 2.15. The summed E-state index contributed by atoms with van der Waals surface area (Å²) in [6.07, 6.45) is -3.07. The number of hydrogen-bond acceptors (Lipinski definition) is 2. The molecule has 19 heavy (non-hydrogen) atoms. The van der Waals surface area contributed by atoms with Gasteiger partial charge in [-0.05, 0) is 43.9 Å². The summed E-state index contributed by atoms with van der Waals surface area (Å²) < 4.78 is 37.9. The molecule has 1 saturated heterocycles. The van der Waals surface area contributed by atoms with Crippen LogP contribution in [-0.4, -0.2) is 23.8 Å². The first-order valence-electron chi connectivity index (χ1n) is 6.38. The number of nitrogens with one attached hydrogen (secondary N) is 1. The van der Waals surface area contributed by atoms with Gasteiger partial charge in [0.05, 0.1) is 11.2 Å². The van der Waals surface area contributed by atoms with Gasteiger partial charge in [-0.15, -0.1) is 0 Å². The van der Waals surface area contributed by atoms with Crippen LogP contribution in [0.2, 0.25) is 0 Å². The zero-order valence-corrected chi connectivity index (χ0v) is 10.8. The van der Waals surface area contributed by atoms with E-state index in [0.717, 1.165) is 19.0 Å². The Morgan fingerprint density at radius 3 is 2.79 bits per heavy atom. The molecule has 2 atom stereocenters. The molecule has 0 bridgehead atoms. The van der Waals surface area contributed by atoms with E-state index in [1.54, 1.807) is 13.0 Å². The van der Waals surface area contributed by atoms with Gasteiger partial charge in [0, 0.05) is 6.54 Å². The molecule has 1 aliphatic heterocycles. The minimum atomic E-state index is -4.31. The smallest absolute Gasteiger partial charge is 0.389 e. The van der Waals surface area contributed by atoms with Crippen molar-refractivity contribution >= 4 is 0 Å². The third-order valence-corrected chi connectivity index (χ3v) is 3.77. The normalized spacial score (nSPS) is 28.4. The van der Waals surface area contributed by atoms with E-state index in [-0.39, 0.29) is 5.92 Å². The minimum Gasteiger partial charge on any atom is -0.389 e. The quantitative estimate of drug-likeness (QED) is 0.868. The maximum absolute atomic E-state index is 12.6. The van der Waals surface area contributed by atoms with Crippen LogP contribution in [0.5, 0.6) is 0 Å². The van der Waals surface area contributed by atoms with Crippen molar-refractivity contribution in [2.24, 2.45) is 5.92 Å². The molecule has 0 spiro atoms. The number of halogens is 3. The van der Waals surface area contributed by atoms with Crippen molar-refractivity contribution in [1.29, 1.82) is 0 Å². The Bertz CT molecular complexity index is 443. The van der Waals surface area contributed by atoms with Crippen LogP contribution in [0, 0.1) is 5.92 Å². The summed E-state index contributed by atoms with van der Waals surface area (Å²) in [5, 5.41) is 13.3. The van der Waals surface area contributed by atoms with Gasteiger partial charge in [-0.2, -0.15) is 13.2 Å². The predicted octanol–water partition coefficient (Wildman–Crippen LogP) is 2.61. The lowest BCUT2D eigenvalue weighted by molar-refractivity contribution is -0.137. The van der Waals surface area contributed by atoms with Gasteiger partial charge in [0.15, 0.2) is 0 Å². The topological polar surface area (TPSA) is 32.3 Å². The molecule has 1 aromatic carbocycles. The molecule has 0 radical (unpaired) electrons. The van der Waals surface area contributed by atoms with Crippen molar-refractivity contribution in [1.82, 2.24) is 5.32 Å².